The van der Waals surface area contributed by atoms with Crippen molar-refractivity contribution in [3.05, 3.63) is 12.2 Å². The minimum Gasteiger partial charge on any atom is -0.466 e. The van der Waals surface area contributed by atoms with Gasteiger partial charge in [-0.25, -0.2) is 14.7 Å². The predicted octanol–water partition coefficient (Wildman–Crippen LogP) is 4.21. The van der Waals surface area contributed by atoms with Crippen LogP contribution >= 0.6 is 0 Å². The Labute approximate surface area is 246 Å². The van der Waals surface area contributed by atoms with E-state index in [0.717, 1.165) is 24.8 Å². The van der Waals surface area contributed by atoms with E-state index in [2.05, 4.69) is 13.5 Å². The van der Waals surface area contributed by atoms with Crippen LogP contribution in [0.15, 0.2) is 12.2 Å². The van der Waals surface area contributed by atoms with Gasteiger partial charge in [-0.15, -0.1) is 0 Å². The number of hydrogen-bond donors (Lipinski definition) is 0. The second-order valence-electron chi connectivity index (χ2n) is 13.2. The van der Waals surface area contributed by atoms with E-state index in [0.29, 0.717) is 25.2 Å². The van der Waals surface area contributed by atoms with Crippen molar-refractivity contribution in [1.29, 1.82) is 0 Å². The Morgan fingerprint density at radius 3 is 2.52 bits per heavy atom. The molecule has 0 aromatic rings. The summed E-state index contributed by atoms with van der Waals surface area (Å²) in [7, 11) is 0. The lowest BCUT2D eigenvalue weighted by Crippen LogP contribution is -2.70. The monoisotopic (exact) mass is 596 g/mol. The van der Waals surface area contributed by atoms with Crippen molar-refractivity contribution in [3.8, 4) is 0 Å². The molecule has 5 unspecified atom stereocenters. The van der Waals surface area contributed by atoms with E-state index in [-0.39, 0.29) is 49.4 Å². The highest BCUT2D eigenvalue weighted by Crippen LogP contribution is 2.60. The summed E-state index contributed by atoms with van der Waals surface area (Å²) in [6, 6.07) is 0. The minimum atomic E-state index is -1.32. The van der Waals surface area contributed by atoms with Gasteiger partial charge < -0.3 is 28.4 Å². The molecule has 4 bridgehead atoms. The van der Waals surface area contributed by atoms with Gasteiger partial charge in [0.15, 0.2) is 11.9 Å². The van der Waals surface area contributed by atoms with Crippen LogP contribution in [0, 0.1) is 23.7 Å². The van der Waals surface area contributed by atoms with Crippen molar-refractivity contribution in [2.75, 3.05) is 6.61 Å². The summed E-state index contributed by atoms with van der Waals surface area (Å²) >= 11 is 0. The SMILES string of the molecule is C=C(C)[C@H]1OOC2(C)OC1C[C@H](CCOC(=O)CCC(=O)O[C@@H]1OC3O[C@@]4(C)CC[C@H]5C(C)CCC([C@H]1C)[C@@]35OO4)O2. The first kappa shape index (κ1) is 30.4. The van der Waals surface area contributed by atoms with Gasteiger partial charge >= 0.3 is 17.9 Å². The molecule has 12 nitrogen and oxygen atoms in total. The summed E-state index contributed by atoms with van der Waals surface area (Å²) < 4.78 is 35.4. The van der Waals surface area contributed by atoms with Crippen LogP contribution < -0.4 is 0 Å². The highest BCUT2D eigenvalue weighted by Gasteiger charge is 2.69. The summed E-state index contributed by atoms with van der Waals surface area (Å²) in [6.07, 6.45) is 1.90. The molecular formula is C30H44O12. The van der Waals surface area contributed by atoms with E-state index in [4.69, 9.17) is 48.0 Å². The zero-order chi connectivity index (χ0) is 29.9. The first-order valence-corrected chi connectivity index (χ1v) is 15.3. The summed E-state index contributed by atoms with van der Waals surface area (Å²) in [6.45, 7) is 13.7. The Morgan fingerprint density at radius 2 is 1.74 bits per heavy atom. The van der Waals surface area contributed by atoms with Gasteiger partial charge in [0, 0.05) is 38.0 Å². The van der Waals surface area contributed by atoms with Crippen LogP contribution in [-0.4, -0.2) is 66.8 Å². The highest BCUT2D eigenvalue weighted by atomic mass is 17.3. The Balaban J connectivity index is 0.976. The van der Waals surface area contributed by atoms with Crippen molar-refractivity contribution < 1.29 is 57.6 Å². The smallest absolute Gasteiger partial charge is 0.309 e. The fourth-order valence-corrected chi connectivity index (χ4v) is 7.74. The lowest BCUT2D eigenvalue weighted by molar-refractivity contribution is -0.577. The molecule has 7 aliphatic rings. The van der Waals surface area contributed by atoms with Gasteiger partial charge in [-0.3, -0.25) is 9.59 Å². The number of fused-ring (bicyclic) bond motifs is 4. The summed E-state index contributed by atoms with van der Waals surface area (Å²) in [5.41, 5.74) is 0.0611. The molecule has 0 aromatic carbocycles. The molecule has 236 valence electrons. The molecule has 0 aromatic heterocycles. The third-order valence-corrected chi connectivity index (χ3v) is 9.95. The van der Waals surface area contributed by atoms with Crippen molar-refractivity contribution in [2.45, 2.75) is 134 Å². The first-order chi connectivity index (χ1) is 19.9. The molecule has 12 atom stereocenters. The van der Waals surface area contributed by atoms with Gasteiger partial charge in [0.25, 0.3) is 0 Å². The average Bonchev–Trinajstić information content (AvgIpc) is 3.15. The summed E-state index contributed by atoms with van der Waals surface area (Å²) in [4.78, 5) is 47.9. The molecule has 0 N–H and O–H groups in total. The highest BCUT2D eigenvalue weighted by molar-refractivity contribution is 5.77. The molecule has 1 spiro atoms. The standard InChI is InChI=1S/C30H44O12/c1-16(2)25-22-15-19(36-29(6,37-22)41-39-25)12-14-33-23(31)9-10-24(32)34-26-18(4)21-8-7-17(3)20-11-13-28(5)38-27(35-26)30(20,21)42-40-28/h17-22,25-27H,1,7-15H2,2-6H3/t17?,18-,19+,20+,21?,22?,25-,26-,27?,28-,29?,30-/m1/s1. The van der Waals surface area contributed by atoms with Gasteiger partial charge in [-0.2, -0.15) is 4.89 Å². The van der Waals surface area contributed by atoms with Crippen molar-refractivity contribution >= 4 is 11.9 Å². The molecule has 7 fully saturated rings. The minimum absolute atomic E-state index is 0.0414. The van der Waals surface area contributed by atoms with Gasteiger partial charge in [0.05, 0.1) is 31.7 Å². The largest absolute Gasteiger partial charge is 0.466 e. The van der Waals surface area contributed by atoms with Crippen molar-refractivity contribution in [3.63, 3.8) is 0 Å². The van der Waals surface area contributed by atoms with Crippen LogP contribution in [0.4, 0.5) is 0 Å². The molecule has 7 rings (SSSR count). The van der Waals surface area contributed by atoms with Crippen LogP contribution in [0.25, 0.3) is 0 Å². The third kappa shape index (κ3) is 5.53. The molecule has 1 saturated carbocycles. The molecule has 0 radical (unpaired) electrons. The van der Waals surface area contributed by atoms with E-state index >= 15 is 0 Å². The fraction of sp³-hybridized carbons (Fsp3) is 0.867. The zero-order valence-corrected chi connectivity index (χ0v) is 25.2. The molecule has 6 heterocycles. The van der Waals surface area contributed by atoms with Gasteiger partial charge in [-0.05, 0) is 50.5 Å². The Hall–Kier alpha value is -1.64. The summed E-state index contributed by atoms with van der Waals surface area (Å²) in [5.74, 6) is -2.68. The maximum Gasteiger partial charge on any atom is 0.309 e. The molecule has 6 saturated heterocycles. The summed E-state index contributed by atoms with van der Waals surface area (Å²) in [5, 5.41) is 0. The quantitative estimate of drug-likeness (QED) is 0.226. The lowest BCUT2D eigenvalue weighted by Gasteiger charge is -2.59. The second-order valence-corrected chi connectivity index (χ2v) is 13.2. The van der Waals surface area contributed by atoms with Crippen LogP contribution in [0.5, 0.6) is 0 Å². The van der Waals surface area contributed by atoms with Crippen LogP contribution in [0.3, 0.4) is 0 Å². The maximum absolute atomic E-state index is 12.8. The average molecular weight is 597 g/mol. The Bertz CT molecular complexity index is 1070. The van der Waals surface area contributed by atoms with Crippen molar-refractivity contribution in [2.24, 2.45) is 23.7 Å². The Kier molecular flexibility index (Phi) is 8.23. The third-order valence-electron chi connectivity index (χ3n) is 9.95. The van der Waals surface area contributed by atoms with Gasteiger partial charge in [0.2, 0.25) is 12.1 Å². The predicted molar refractivity (Wildman–Crippen MR) is 141 cm³/mol. The number of hydrogen-bond acceptors (Lipinski definition) is 12. The second kappa shape index (κ2) is 11.4. The molecule has 12 heteroatoms. The van der Waals surface area contributed by atoms with Crippen molar-refractivity contribution in [1.82, 2.24) is 0 Å². The number of ether oxygens (including phenoxy) is 6. The van der Waals surface area contributed by atoms with Crippen LogP contribution in [0.2, 0.25) is 0 Å². The van der Waals surface area contributed by atoms with Crippen LogP contribution in [-0.2, 0) is 57.6 Å². The van der Waals surface area contributed by atoms with E-state index in [9.17, 15) is 9.59 Å². The molecule has 42 heavy (non-hydrogen) atoms. The fourth-order valence-electron chi connectivity index (χ4n) is 7.74. The molecule has 6 aliphatic heterocycles. The zero-order valence-electron chi connectivity index (χ0n) is 25.2. The van der Waals surface area contributed by atoms with E-state index in [1.807, 2.05) is 20.8 Å². The Morgan fingerprint density at radius 1 is 0.952 bits per heavy atom. The molecule has 1 aliphatic carbocycles. The molecular weight excluding hydrogens is 552 g/mol. The van der Waals surface area contributed by atoms with E-state index in [1.54, 1.807) is 6.92 Å². The first-order valence-electron chi connectivity index (χ1n) is 15.3. The molecule has 0 amide bonds. The normalized spacial score (nSPS) is 47.6. The number of rotatable bonds is 8. The van der Waals surface area contributed by atoms with E-state index in [1.165, 1.54) is 0 Å². The van der Waals surface area contributed by atoms with Gasteiger partial charge in [-0.1, -0.05) is 20.4 Å². The topological polar surface area (TPSA) is 126 Å². The maximum atomic E-state index is 12.8. The number of carbonyl (C=O) groups is 2. The number of esters is 2. The van der Waals surface area contributed by atoms with Crippen LogP contribution in [0.1, 0.15) is 86.0 Å². The van der Waals surface area contributed by atoms with E-state index < -0.39 is 48.0 Å². The van der Waals surface area contributed by atoms with Gasteiger partial charge in [0.1, 0.15) is 6.10 Å². The number of carbonyl (C=O) groups excluding carboxylic acids is 2. The lowest BCUT2D eigenvalue weighted by atomic mass is 9.58.